The minimum atomic E-state index is 0.397. The van der Waals surface area contributed by atoms with Crippen LogP contribution in [0.4, 0.5) is 0 Å². The molecule has 3 heteroatoms. The molecule has 0 fully saturated rings. The molecule has 0 spiro atoms. The second-order valence-electron chi connectivity index (χ2n) is 3.43. The normalized spacial score (nSPS) is 10.9. The van der Waals surface area contributed by atoms with Crippen LogP contribution in [0.3, 0.4) is 0 Å². The Balaban J connectivity index is 2.72. The molecule has 1 aromatic heterocycles. The van der Waals surface area contributed by atoms with Gasteiger partial charge in [0.15, 0.2) is 0 Å². The second-order valence-corrected chi connectivity index (χ2v) is 4.10. The molecule has 0 bridgehead atoms. The third kappa shape index (κ3) is 1.95. The first kappa shape index (κ1) is 10.7. The van der Waals surface area contributed by atoms with Gasteiger partial charge >= 0.3 is 0 Å². The third-order valence-electron chi connectivity index (χ3n) is 2.50. The molecule has 1 nitrogen and oxygen atoms in total. The predicted octanol–water partition coefficient (Wildman–Crippen LogP) is 4.19. The zero-order valence-corrected chi connectivity index (χ0v) is 9.94. The van der Waals surface area contributed by atoms with E-state index in [0.29, 0.717) is 10.9 Å². The summed E-state index contributed by atoms with van der Waals surface area (Å²) in [6.45, 7) is 2.11. The summed E-state index contributed by atoms with van der Waals surface area (Å²) < 4.78 is 0. The maximum atomic E-state index is 6.05. The van der Waals surface area contributed by atoms with E-state index in [4.69, 9.17) is 23.2 Å². The van der Waals surface area contributed by atoms with Crippen molar-refractivity contribution in [3.05, 3.63) is 40.5 Å². The molecule has 0 radical (unpaired) electrons. The molecule has 0 atom stereocenters. The van der Waals surface area contributed by atoms with Crippen LogP contribution in [0.5, 0.6) is 0 Å². The van der Waals surface area contributed by atoms with Gasteiger partial charge in [-0.1, -0.05) is 24.6 Å². The number of benzene rings is 1. The lowest BCUT2D eigenvalue weighted by Gasteiger charge is -2.06. The van der Waals surface area contributed by atoms with E-state index in [1.165, 1.54) is 5.56 Å². The first-order valence-corrected chi connectivity index (χ1v) is 5.79. The molecule has 0 N–H and O–H groups in total. The Morgan fingerprint density at radius 3 is 2.80 bits per heavy atom. The SMILES string of the molecule is CCc1cnc2c(CCl)c(Cl)ccc2c1. The van der Waals surface area contributed by atoms with Crippen molar-refractivity contribution in [3.63, 3.8) is 0 Å². The van der Waals surface area contributed by atoms with E-state index in [-0.39, 0.29) is 0 Å². The fraction of sp³-hybridized carbons (Fsp3) is 0.250. The van der Waals surface area contributed by atoms with Crippen molar-refractivity contribution in [2.45, 2.75) is 19.2 Å². The monoisotopic (exact) mass is 239 g/mol. The molecule has 1 heterocycles. The second kappa shape index (κ2) is 4.38. The number of aryl methyl sites for hydroxylation is 1. The van der Waals surface area contributed by atoms with E-state index >= 15 is 0 Å². The summed E-state index contributed by atoms with van der Waals surface area (Å²) in [6.07, 6.45) is 2.87. The maximum Gasteiger partial charge on any atom is 0.0761 e. The van der Waals surface area contributed by atoms with Crippen molar-refractivity contribution in [1.82, 2.24) is 4.98 Å². The average molecular weight is 240 g/mol. The number of halogens is 2. The Kier molecular flexibility index (Phi) is 3.13. The molecule has 15 heavy (non-hydrogen) atoms. The van der Waals surface area contributed by atoms with E-state index in [1.807, 2.05) is 18.3 Å². The Hall–Kier alpha value is -0.790. The highest BCUT2D eigenvalue weighted by molar-refractivity contribution is 6.33. The van der Waals surface area contributed by atoms with Crippen LogP contribution in [-0.2, 0) is 12.3 Å². The zero-order valence-electron chi connectivity index (χ0n) is 8.43. The van der Waals surface area contributed by atoms with Gasteiger partial charge in [0, 0.05) is 22.2 Å². The summed E-state index contributed by atoms with van der Waals surface area (Å²) in [5.41, 5.74) is 3.05. The molecule has 0 aliphatic carbocycles. The number of fused-ring (bicyclic) bond motifs is 1. The summed E-state index contributed by atoms with van der Waals surface area (Å²) >= 11 is 11.9. The van der Waals surface area contributed by atoms with Crippen molar-refractivity contribution >= 4 is 34.1 Å². The first-order chi connectivity index (χ1) is 7.26. The number of hydrogen-bond donors (Lipinski definition) is 0. The molecule has 1 aromatic carbocycles. The Labute approximate surface area is 99.0 Å². The molecular formula is C12H11Cl2N. The number of pyridine rings is 1. The molecular weight excluding hydrogens is 229 g/mol. The number of hydrogen-bond acceptors (Lipinski definition) is 1. The van der Waals surface area contributed by atoms with E-state index in [9.17, 15) is 0 Å². The first-order valence-electron chi connectivity index (χ1n) is 4.88. The fourth-order valence-corrected chi connectivity index (χ4v) is 2.16. The van der Waals surface area contributed by atoms with Crippen molar-refractivity contribution < 1.29 is 0 Å². The molecule has 0 amide bonds. The molecule has 0 unspecified atom stereocenters. The third-order valence-corrected chi connectivity index (χ3v) is 3.12. The van der Waals surface area contributed by atoms with E-state index in [2.05, 4.69) is 18.0 Å². The summed E-state index contributed by atoms with van der Waals surface area (Å²) in [7, 11) is 0. The number of alkyl halides is 1. The lowest BCUT2D eigenvalue weighted by Crippen LogP contribution is -1.90. The van der Waals surface area contributed by atoms with Crippen LogP contribution in [0.1, 0.15) is 18.1 Å². The highest BCUT2D eigenvalue weighted by Crippen LogP contribution is 2.26. The van der Waals surface area contributed by atoms with Gasteiger partial charge in [-0.25, -0.2) is 0 Å². The van der Waals surface area contributed by atoms with Crippen LogP contribution in [0.2, 0.25) is 5.02 Å². The van der Waals surface area contributed by atoms with Crippen molar-refractivity contribution in [2.24, 2.45) is 0 Å². The molecule has 2 rings (SSSR count). The fourth-order valence-electron chi connectivity index (χ4n) is 1.60. The maximum absolute atomic E-state index is 6.05. The van der Waals surface area contributed by atoms with Gasteiger partial charge < -0.3 is 0 Å². The van der Waals surface area contributed by atoms with Crippen molar-refractivity contribution in [2.75, 3.05) is 0 Å². The molecule has 78 valence electrons. The summed E-state index contributed by atoms with van der Waals surface area (Å²) in [5.74, 6) is 0.397. The Morgan fingerprint density at radius 1 is 1.33 bits per heavy atom. The van der Waals surface area contributed by atoms with Crippen LogP contribution < -0.4 is 0 Å². The average Bonchev–Trinajstić information content (AvgIpc) is 2.28. The van der Waals surface area contributed by atoms with E-state index < -0.39 is 0 Å². The summed E-state index contributed by atoms with van der Waals surface area (Å²) in [4.78, 5) is 4.41. The van der Waals surface area contributed by atoms with Crippen LogP contribution in [0, 0.1) is 0 Å². The number of nitrogens with zero attached hydrogens (tertiary/aromatic N) is 1. The largest absolute Gasteiger partial charge is 0.256 e. The minimum Gasteiger partial charge on any atom is -0.256 e. The molecule has 0 aliphatic rings. The molecule has 0 aliphatic heterocycles. The highest BCUT2D eigenvalue weighted by atomic mass is 35.5. The zero-order chi connectivity index (χ0) is 10.8. The smallest absolute Gasteiger partial charge is 0.0761 e. The number of rotatable bonds is 2. The standard InChI is InChI=1S/C12H11Cl2N/c1-2-8-5-9-3-4-11(14)10(6-13)12(9)15-7-8/h3-5,7H,2,6H2,1H3. The van der Waals surface area contributed by atoms with Gasteiger partial charge in [0.1, 0.15) is 0 Å². The Bertz CT molecular complexity index is 494. The summed E-state index contributed by atoms with van der Waals surface area (Å²) in [6, 6.07) is 6.00. The van der Waals surface area contributed by atoms with E-state index in [1.54, 1.807) is 0 Å². The van der Waals surface area contributed by atoms with Crippen LogP contribution in [0.25, 0.3) is 10.9 Å². The van der Waals surface area contributed by atoms with Crippen LogP contribution >= 0.6 is 23.2 Å². The lowest BCUT2D eigenvalue weighted by molar-refractivity contribution is 1.12. The van der Waals surface area contributed by atoms with Crippen LogP contribution in [-0.4, -0.2) is 4.98 Å². The van der Waals surface area contributed by atoms with Gasteiger partial charge in [-0.2, -0.15) is 0 Å². The molecule has 2 aromatic rings. The summed E-state index contributed by atoms with van der Waals surface area (Å²) in [5, 5.41) is 1.80. The lowest BCUT2D eigenvalue weighted by atomic mass is 10.1. The predicted molar refractivity (Wildman–Crippen MR) is 65.7 cm³/mol. The molecule has 0 saturated carbocycles. The highest BCUT2D eigenvalue weighted by Gasteiger charge is 2.06. The van der Waals surface area contributed by atoms with Gasteiger partial charge in [0.05, 0.1) is 11.4 Å². The minimum absolute atomic E-state index is 0.397. The van der Waals surface area contributed by atoms with Crippen LogP contribution in [0.15, 0.2) is 24.4 Å². The topological polar surface area (TPSA) is 12.9 Å². The number of aromatic nitrogens is 1. The van der Waals surface area contributed by atoms with Gasteiger partial charge in [-0.15, -0.1) is 11.6 Å². The molecule has 0 saturated heterocycles. The van der Waals surface area contributed by atoms with Crippen molar-refractivity contribution in [3.8, 4) is 0 Å². The quantitative estimate of drug-likeness (QED) is 0.717. The van der Waals surface area contributed by atoms with Gasteiger partial charge in [0.25, 0.3) is 0 Å². The van der Waals surface area contributed by atoms with Crippen molar-refractivity contribution in [1.29, 1.82) is 0 Å². The Morgan fingerprint density at radius 2 is 2.13 bits per heavy atom. The van der Waals surface area contributed by atoms with Gasteiger partial charge in [-0.3, -0.25) is 4.98 Å². The van der Waals surface area contributed by atoms with E-state index in [0.717, 1.165) is 22.9 Å². The van der Waals surface area contributed by atoms with Gasteiger partial charge in [-0.05, 0) is 24.1 Å². The van der Waals surface area contributed by atoms with Gasteiger partial charge in [0.2, 0.25) is 0 Å².